The molecule has 0 aromatic carbocycles. The van der Waals surface area contributed by atoms with Gasteiger partial charge in [-0.3, -0.25) is 4.79 Å². The Kier molecular flexibility index (Phi) is 3.39. The topological polar surface area (TPSA) is 94.9 Å². The maximum atomic E-state index is 10.8. The summed E-state index contributed by atoms with van der Waals surface area (Å²) < 4.78 is 0. The summed E-state index contributed by atoms with van der Waals surface area (Å²) in [6.07, 6.45) is 4.24. The van der Waals surface area contributed by atoms with Crippen LogP contribution in [0.1, 0.15) is 35.9 Å². The molecule has 0 aliphatic carbocycles. The fourth-order valence-corrected chi connectivity index (χ4v) is 1.08. The van der Waals surface area contributed by atoms with Crippen LogP contribution in [0.5, 0.6) is 0 Å². The number of hydrogen-bond donors (Lipinski definition) is 2. The Morgan fingerprint density at radius 1 is 1.57 bits per heavy atom. The molecule has 0 unspecified atom stereocenters. The zero-order valence-corrected chi connectivity index (χ0v) is 8.16. The van der Waals surface area contributed by atoms with Gasteiger partial charge in [0.25, 0.3) is 5.91 Å². The molecule has 0 aliphatic heterocycles. The highest BCUT2D eigenvalue weighted by atomic mass is 16.1. The monoisotopic (exact) mass is 194 g/mol. The van der Waals surface area contributed by atoms with E-state index in [1.807, 2.05) is 0 Å². The summed E-state index contributed by atoms with van der Waals surface area (Å²) in [6, 6.07) is 0. The predicted molar refractivity (Wildman–Crippen MR) is 53.6 cm³/mol. The first-order chi connectivity index (χ1) is 6.65. The number of amides is 1. The van der Waals surface area contributed by atoms with Crippen LogP contribution in [0.4, 0.5) is 5.82 Å². The molecule has 0 bridgehead atoms. The largest absolute Gasteiger partial charge is 0.383 e. The van der Waals surface area contributed by atoms with Crippen molar-refractivity contribution in [1.29, 1.82) is 0 Å². The van der Waals surface area contributed by atoms with Crippen LogP contribution >= 0.6 is 0 Å². The third-order valence-corrected chi connectivity index (χ3v) is 1.89. The van der Waals surface area contributed by atoms with Crippen LogP contribution in [-0.2, 0) is 6.42 Å². The predicted octanol–water partition coefficient (Wildman–Crippen LogP) is 0.500. The van der Waals surface area contributed by atoms with E-state index in [4.69, 9.17) is 11.5 Å². The van der Waals surface area contributed by atoms with Crippen LogP contribution in [0.15, 0.2) is 6.20 Å². The van der Waals surface area contributed by atoms with Gasteiger partial charge >= 0.3 is 0 Å². The first-order valence-electron chi connectivity index (χ1n) is 4.56. The van der Waals surface area contributed by atoms with Gasteiger partial charge < -0.3 is 11.5 Å². The van der Waals surface area contributed by atoms with E-state index in [2.05, 4.69) is 16.9 Å². The van der Waals surface area contributed by atoms with Crippen LogP contribution < -0.4 is 11.5 Å². The Morgan fingerprint density at radius 2 is 2.29 bits per heavy atom. The minimum atomic E-state index is -0.593. The van der Waals surface area contributed by atoms with Gasteiger partial charge in [0, 0.05) is 12.6 Å². The maximum Gasteiger partial charge on any atom is 0.254 e. The summed E-state index contributed by atoms with van der Waals surface area (Å²) in [6.45, 7) is 2.08. The standard InChI is InChI=1S/C9H14N4O/c1-2-3-4-7-12-5-6(9(11)14)8(10)13-7/h5H,2-4H2,1H3,(H2,11,14)(H2,10,12,13). The van der Waals surface area contributed by atoms with Crippen molar-refractivity contribution < 1.29 is 4.79 Å². The number of primary amides is 1. The van der Waals surface area contributed by atoms with Crippen molar-refractivity contribution in [1.82, 2.24) is 9.97 Å². The Hall–Kier alpha value is -1.65. The number of nitrogen functional groups attached to an aromatic ring is 1. The van der Waals surface area contributed by atoms with Gasteiger partial charge in [-0.2, -0.15) is 0 Å². The summed E-state index contributed by atoms with van der Waals surface area (Å²) in [7, 11) is 0. The zero-order valence-electron chi connectivity index (χ0n) is 8.16. The van der Waals surface area contributed by atoms with E-state index in [1.165, 1.54) is 6.20 Å². The number of rotatable bonds is 4. The zero-order chi connectivity index (χ0) is 10.6. The van der Waals surface area contributed by atoms with Crippen LogP contribution in [-0.4, -0.2) is 15.9 Å². The number of anilines is 1. The molecule has 0 spiro atoms. The van der Waals surface area contributed by atoms with Gasteiger partial charge in [-0.25, -0.2) is 9.97 Å². The maximum absolute atomic E-state index is 10.8. The highest BCUT2D eigenvalue weighted by Gasteiger charge is 2.08. The third kappa shape index (κ3) is 2.42. The van der Waals surface area contributed by atoms with Gasteiger partial charge in [-0.05, 0) is 6.42 Å². The number of unbranched alkanes of at least 4 members (excludes halogenated alkanes) is 1. The quantitative estimate of drug-likeness (QED) is 0.729. The van der Waals surface area contributed by atoms with Crippen molar-refractivity contribution in [3.8, 4) is 0 Å². The number of nitrogens with zero attached hydrogens (tertiary/aromatic N) is 2. The minimum absolute atomic E-state index is 0.165. The molecule has 14 heavy (non-hydrogen) atoms. The molecule has 76 valence electrons. The van der Waals surface area contributed by atoms with E-state index < -0.39 is 5.91 Å². The molecule has 0 radical (unpaired) electrons. The molecule has 1 amide bonds. The molecule has 1 heterocycles. The number of carbonyl (C=O) groups excluding carboxylic acids is 1. The van der Waals surface area contributed by atoms with Gasteiger partial charge in [-0.15, -0.1) is 0 Å². The number of aryl methyl sites for hydroxylation is 1. The van der Waals surface area contributed by atoms with E-state index in [-0.39, 0.29) is 11.4 Å². The molecule has 0 fully saturated rings. The molecular formula is C9H14N4O. The van der Waals surface area contributed by atoms with Crippen molar-refractivity contribution in [2.45, 2.75) is 26.2 Å². The van der Waals surface area contributed by atoms with E-state index in [0.717, 1.165) is 19.3 Å². The Balaban J connectivity index is 2.83. The van der Waals surface area contributed by atoms with Gasteiger partial charge in [-0.1, -0.05) is 13.3 Å². The van der Waals surface area contributed by atoms with Gasteiger partial charge in [0.1, 0.15) is 11.6 Å². The van der Waals surface area contributed by atoms with E-state index in [1.54, 1.807) is 0 Å². The average molecular weight is 194 g/mol. The fraction of sp³-hybridized carbons (Fsp3) is 0.444. The SMILES string of the molecule is CCCCc1ncc(C(N)=O)c(N)n1. The van der Waals surface area contributed by atoms with E-state index >= 15 is 0 Å². The summed E-state index contributed by atoms with van der Waals surface area (Å²) in [5, 5.41) is 0. The minimum Gasteiger partial charge on any atom is -0.383 e. The average Bonchev–Trinajstić information content (AvgIpc) is 2.14. The third-order valence-electron chi connectivity index (χ3n) is 1.89. The first kappa shape index (κ1) is 10.4. The number of nitrogens with two attached hydrogens (primary N) is 2. The summed E-state index contributed by atoms with van der Waals surface area (Å²) in [5.41, 5.74) is 10.8. The lowest BCUT2D eigenvalue weighted by Gasteiger charge is -2.02. The molecule has 0 atom stereocenters. The normalized spacial score (nSPS) is 10.1. The lowest BCUT2D eigenvalue weighted by Crippen LogP contribution is -2.16. The van der Waals surface area contributed by atoms with Crippen LogP contribution in [0.25, 0.3) is 0 Å². The van der Waals surface area contributed by atoms with Crippen molar-refractivity contribution in [3.05, 3.63) is 17.6 Å². The molecular weight excluding hydrogens is 180 g/mol. The highest BCUT2D eigenvalue weighted by Crippen LogP contribution is 2.07. The van der Waals surface area contributed by atoms with Crippen molar-refractivity contribution in [2.24, 2.45) is 5.73 Å². The summed E-state index contributed by atoms with van der Waals surface area (Å²) >= 11 is 0. The van der Waals surface area contributed by atoms with Crippen molar-refractivity contribution in [3.63, 3.8) is 0 Å². The number of carbonyl (C=O) groups is 1. The van der Waals surface area contributed by atoms with Gasteiger partial charge in [0.05, 0.1) is 5.56 Å². The fourth-order valence-electron chi connectivity index (χ4n) is 1.08. The molecule has 0 aliphatic rings. The molecule has 4 N–H and O–H groups in total. The lowest BCUT2D eigenvalue weighted by molar-refractivity contribution is 0.100. The van der Waals surface area contributed by atoms with Crippen molar-refractivity contribution in [2.75, 3.05) is 5.73 Å². The van der Waals surface area contributed by atoms with E-state index in [0.29, 0.717) is 5.82 Å². The number of aromatic nitrogens is 2. The molecule has 0 saturated heterocycles. The second kappa shape index (κ2) is 4.55. The Labute approximate surface area is 82.5 Å². The van der Waals surface area contributed by atoms with Crippen LogP contribution in [0.3, 0.4) is 0 Å². The summed E-state index contributed by atoms with van der Waals surface area (Å²) in [5.74, 6) is 0.234. The number of hydrogen-bond acceptors (Lipinski definition) is 4. The van der Waals surface area contributed by atoms with Gasteiger partial charge in [0.15, 0.2) is 0 Å². The smallest absolute Gasteiger partial charge is 0.254 e. The van der Waals surface area contributed by atoms with Crippen LogP contribution in [0.2, 0.25) is 0 Å². The van der Waals surface area contributed by atoms with E-state index in [9.17, 15) is 4.79 Å². The molecule has 1 aromatic heterocycles. The lowest BCUT2D eigenvalue weighted by atomic mass is 10.2. The first-order valence-corrected chi connectivity index (χ1v) is 4.56. The molecule has 0 saturated carbocycles. The molecule has 1 rings (SSSR count). The van der Waals surface area contributed by atoms with Crippen LogP contribution in [0, 0.1) is 0 Å². The summed E-state index contributed by atoms with van der Waals surface area (Å²) in [4.78, 5) is 18.8. The van der Waals surface area contributed by atoms with Crippen molar-refractivity contribution >= 4 is 11.7 Å². The Morgan fingerprint density at radius 3 is 2.79 bits per heavy atom. The molecule has 5 heteroatoms. The molecule has 5 nitrogen and oxygen atoms in total. The highest BCUT2D eigenvalue weighted by molar-refractivity contribution is 5.96. The van der Waals surface area contributed by atoms with Gasteiger partial charge in [0.2, 0.25) is 0 Å². The Bertz CT molecular complexity index is 338. The second-order valence-corrected chi connectivity index (χ2v) is 3.05. The second-order valence-electron chi connectivity index (χ2n) is 3.05. The molecule has 1 aromatic rings.